The number of H-pyrrole nitrogens is 1. The van der Waals surface area contributed by atoms with Gasteiger partial charge in [-0.1, -0.05) is 18.2 Å². The minimum atomic E-state index is 0.848. The van der Waals surface area contributed by atoms with Crippen LogP contribution in [0.3, 0.4) is 0 Å². The summed E-state index contributed by atoms with van der Waals surface area (Å²) in [6.07, 6.45) is 3.72. The third kappa shape index (κ3) is 3.64. The highest BCUT2D eigenvalue weighted by molar-refractivity contribution is 5.63. The lowest BCUT2D eigenvalue weighted by atomic mass is 10.2. The van der Waals surface area contributed by atoms with Gasteiger partial charge in [-0.05, 0) is 19.1 Å². The van der Waals surface area contributed by atoms with Crippen molar-refractivity contribution in [3.05, 3.63) is 65.9 Å². The monoisotopic (exact) mass is 334 g/mol. The molecule has 25 heavy (non-hydrogen) atoms. The second kappa shape index (κ2) is 6.94. The first-order chi connectivity index (χ1) is 12.3. The van der Waals surface area contributed by atoms with Gasteiger partial charge in [-0.15, -0.1) is 0 Å². The van der Waals surface area contributed by atoms with Crippen LogP contribution in [0.1, 0.15) is 17.0 Å². The molecule has 3 aromatic rings. The Morgan fingerprint density at radius 1 is 1.20 bits per heavy atom. The third-order valence-electron chi connectivity index (χ3n) is 4.48. The first kappa shape index (κ1) is 15.7. The number of nitrogens with one attached hydrogen (secondary N) is 3. The second-order valence-corrected chi connectivity index (χ2v) is 6.33. The second-order valence-electron chi connectivity index (χ2n) is 6.33. The van der Waals surface area contributed by atoms with Crippen LogP contribution in [-0.4, -0.2) is 32.9 Å². The van der Waals surface area contributed by atoms with Crippen LogP contribution in [0, 0.1) is 6.92 Å². The topological polar surface area (TPSA) is 68.9 Å². The van der Waals surface area contributed by atoms with E-state index < -0.39 is 0 Å². The Morgan fingerprint density at radius 3 is 2.88 bits per heavy atom. The number of pyridine rings is 1. The third-order valence-corrected chi connectivity index (χ3v) is 4.48. The molecule has 0 spiro atoms. The van der Waals surface area contributed by atoms with Crippen LogP contribution in [0.15, 0.2) is 48.9 Å². The van der Waals surface area contributed by atoms with E-state index in [9.17, 15) is 0 Å². The lowest BCUT2D eigenvalue weighted by Gasteiger charge is -2.19. The molecular formula is C19H22N6. The van der Waals surface area contributed by atoms with Crippen molar-refractivity contribution in [2.75, 3.05) is 23.7 Å². The Bertz CT molecular complexity index is 842. The molecule has 1 aromatic carbocycles. The maximum Gasteiger partial charge on any atom is 0.132 e. The van der Waals surface area contributed by atoms with Crippen LogP contribution in [-0.2, 0) is 13.1 Å². The summed E-state index contributed by atoms with van der Waals surface area (Å²) in [7, 11) is 0. The number of benzene rings is 1. The molecule has 0 saturated heterocycles. The van der Waals surface area contributed by atoms with Crippen molar-refractivity contribution in [2.45, 2.75) is 20.0 Å². The SMILES string of the molecule is Cc1[nH]cnc1CN1CCNc2cc(Nc3ccccc3)ncc2C1. The van der Waals surface area contributed by atoms with Gasteiger partial charge in [-0.25, -0.2) is 9.97 Å². The Kier molecular flexibility index (Phi) is 4.35. The Balaban J connectivity index is 1.49. The van der Waals surface area contributed by atoms with E-state index in [-0.39, 0.29) is 0 Å². The van der Waals surface area contributed by atoms with Crippen molar-refractivity contribution in [3.63, 3.8) is 0 Å². The Morgan fingerprint density at radius 2 is 2.08 bits per heavy atom. The summed E-state index contributed by atoms with van der Waals surface area (Å²) in [5.41, 5.74) is 5.65. The number of imidazole rings is 1. The van der Waals surface area contributed by atoms with Gasteiger partial charge in [-0.3, -0.25) is 4.90 Å². The Hall–Kier alpha value is -2.86. The summed E-state index contributed by atoms with van der Waals surface area (Å²) in [4.78, 5) is 14.5. The lowest BCUT2D eigenvalue weighted by molar-refractivity contribution is 0.268. The van der Waals surface area contributed by atoms with Crippen molar-refractivity contribution < 1.29 is 0 Å². The van der Waals surface area contributed by atoms with Gasteiger partial charge >= 0.3 is 0 Å². The number of para-hydroxylation sites is 1. The van der Waals surface area contributed by atoms with Crippen molar-refractivity contribution in [1.82, 2.24) is 19.9 Å². The van der Waals surface area contributed by atoms with Gasteiger partial charge in [0.15, 0.2) is 0 Å². The molecule has 0 fully saturated rings. The van der Waals surface area contributed by atoms with Crippen LogP contribution in [0.2, 0.25) is 0 Å². The molecule has 0 radical (unpaired) electrons. The highest BCUT2D eigenvalue weighted by atomic mass is 15.2. The highest BCUT2D eigenvalue weighted by Crippen LogP contribution is 2.25. The number of aryl methyl sites for hydroxylation is 1. The van der Waals surface area contributed by atoms with Crippen LogP contribution in [0.25, 0.3) is 0 Å². The average molecular weight is 334 g/mol. The predicted molar refractivity (Wildman–Crippen MR) is 99.9 cm³/mol. The zero-order chi connectivity index (χ0) is 17.1. The van der Waals surface area contributed by atoms with Gasteiger partial charge in [0.2, 0.25) is 0 Å². The number of aromatic nitrogens is 3. The summed E-state index contributed by atoms with van der Waals surface area (Å²) in [6, 6.07) is 12.2. The normalized spacial score (nSPS) is 14.4. The molecule has 3 N–H and O–H groups in total. The molecule has 6 heteroatoms. The van der Waals surface area contributed by atoms with E-state index in [1.807, 2.05) is 36.5 Å². The molecule has 1 aliphatic heterocycles. The zero-order valence-corrected chi connectivity index (χ0v) is 14.3. The molecule has 0 unspecified atom stereocenters. The summed E-state index contributed by atoms with van der Waals surface area (Å²) in [6.45, 7) is 5.66. The van der Waals surface area contributed by atoms with Crippen molar-refractivity contribution in [1.29, 1.82) is 0 Å². The largest absolute Gasteiger partial charge is 0.383 e. The number of rotatable bonds is 4. The Labute approximate surface area is 147 Å². The summed E-state index contributed by atoms with van der Waals surface area (Å²) < 4.78 is 0. The van der Waals surface area contributed by atoms with E-state index in [1.54, 1.807) is 6.33 Å². The van der Waals surface area contributed by atoms with Gasteiger partial charge in [0.1, 0.15) is 5.82 Å². The van der Waals surface area contributed by atoms with Gasteiger partial charge in [0, 0.05) is 61.1 Å². The van der Waals surface area contributed by atoms with Gasteiger partial charge in [-0.2, -0.15) is 0 Å². The molecule has 128 valence electrons. The van der Waals surface area contributed by atoms with E-state index in [1.165, 1.54) is 5.56 Å². The van der Waals surface area contributed by atoms with Gasteiger partial charge in [0.25, 0.3) is 0 Å². The quantitative estimate of drug-likeness (QED) is 0.683. The minimum Gasteiger partial charge on any atom is -0.383 e. The highest BCUT2D eigenvalue weighted by Gasteiger charge is 2.16. The number of hydrogen-bond donors (Lipinski definition) is 3. The van der Waals surface area contributed by atoms with Gasteiger partial charge < -0.3 is 15.6 Å². The minimum absolute atomic E-state index is 0.848. The molecule has 6 nitrogen and oxygen atoms in total. The number of hydrogen-bond acceptors (Lipinski definition) is 5. The summed E-state index contributed by atoms with van der Waals surface area (Å²) in [5, 5.41) is 6.88. The fourth-order valence-corrected chi connectivity index (χ4v) is 3.07. The average Bonchev–Trinajstić information content (AvgIpc) is 2.91. The number of anilines is 3. The van der Waals surface area contributed by atoms with E-state index in [0.29, 0.717) is 0 Å². The maximum absolute atomic E-state index is 4.58. The molecule has 4 rings (SSSR count). The summed E-state index contributed by atoms with van der Waals surface area (Å²) in [5.74, 6) is 0.856. The molecule has 3 heterocycles. The number of fused-ring (bicyclic) bond motifs is 1. The van der Waals surface area contributed by atoms with E-state index >= 15 is 0 Å². The number of aromatic amines is 1. The molecule has 0 amide bonds. The molecule has 0 saturated carbocycles. The fourth-order valence-electron chi connectivity index (χ4n) is 3.07. The molecule has 0 atom stereocenters. The molecule has 1 aliphatic rings. The number of nitrogens with zero attached hydrogens (tertiary/aromatic N) is 3. The lowest BCUT2D eigenvalue weighted by Crippen LogP contribution is -2.26. The standard InChI is InChI=1S/C19H22N6/c1-14-18(23-13-22-14)12-25-8-7-20-17-9-19(21-10-15(17)11-25)24-16-5-3-2-4-6-16/h2-6,9-10,13,20H,7-8,11-12H2,1H3,(H,21,24)(H,22,23). The fraction of sp³-hybridized carbons (Fsp3) is 0.263. The predicted octanol–water partition coefficient (Wildman–Crippen LogP) is 3.28. The molecular weight excluding hydrogens is 312 g/mol. The van der Waals surface area contributed by atoms with E-state index in [0.717, 1.165) is 54.8 Å². The van der Waals surface area contributed by atoms with Crippen molar-refractivity contribution in [3.8, 4) is 0 Å². The van der Waals surface area contributed by atoms with Crippen molar-refractivity contribution in [2.24, 2.45) is 0 Å². The van der Waals surface area contributed by atoms with Crippen LogP contribution >= 0.6 is 0 Å². The van der Waals surface area contributed by atoms with Gasteiger partial charge in [0.05, 0.1) is 12.0 Å². The first-order valence-corrected chi connectivity index (χ1v) is 8.54. The smallest absolute Gasteiger partial charge is 0.132 e. The van der Waals surface area contributed by atoms with E-state index in [4.69, 9.17) is 0 Å². The van der Waals surface area contributed by atoms with Crippen LogP contribution in [0.4, 0.5) is 17.2 Å². The van der Waals surface area contributed by atoms with Crippen molar-refractivity contribution >= 4 is 17.2 Å². The van der Waals surface area contributed by atoms with Crippen LogP contribution < -0.4 is 10.6 Å². The first-order valence-electron chi connectivity index (χ1n) is 8.54. The molecule has 2 aromatic heterocycles. The van der Waals surface area contributed by atoms with Crippen LogP contribution in [0.5, 0.6) is 0 Å². The summed E-state index contributed by atoms with van der Waals surface area (Å²) >= 11 is 0. The molecule has 0 aliphatic carbocycles. The van der Waals surface area contributed by atoms with E-state index in [2.05, 4.69) is 43.5 Å². The zero-order valence-electron chi connectivity index (χ0n) is 14.3. The molecule has 0 bridgehead atoms. The maximum atomic E-state index is 4.58.